The lowest BCUT2D eigenvalue weighted by Gasteiger charge is -2.35. The monoisotopic (exact) mass is 492 g/mol. The van der Waals surface area contributed by atoms with Crippen LogP contribution in [0.4, 0.5) is 8.78 Å². The first-order chi connectivity index (χ1) is 17.5. The number of carbonyl (C=O) groups excluding carboxylic acids is 2. The van der Waals surface area contributed by atoms with Crippen LogP contribution in [-0.2, 0) is 4.79 Å². The summed E-state index contributed by atoms with van der Waals surface area (Å²) in [5.41, 5.74) is 2.44. The molecule has 1 fully saturated rings. The van der Waals surface area contributed by atoms with Crippen LogP contribution in [0.1, 0.15) is 40.2 Å². The van der Waals surface area contributed by atoms with Crippen LogP contribution in [0.2, 0.25) is 0 Å². The highest BCUT2D eigenvalue weighted by Gasteiger charge is 2.22. The fraction of sp³-hybridized carbons (Fsp3) is 0.321. The van der Waals surface area contributed by atoms with E-state index in [9.17, 15) is 18.4 Å². The molecule has 2 heterocycles. The molecule has 1 saturated heterocycles. The topological polar surface area (TPSA) is 65.5 Å². The van der Waals surface area contributed by atoms with E-state index in [1.54, 1.807) is 47.5 Å². The molecule has 4 rings (SSSR count). The Hall–Kier alpha value is -3.65. The van der Waals surface area contributed by atoms with Gasteiger partial charge in [-0.2, -0.15) is 0 Å². The minimum absolute atomic E-state index is 0.0370. The largest absolute Gasteiger partial charge is 0.343 e. The van der Waals surface area contributed by atoms with Crippen molar-refractivity contribution in [3.8, 4) is 0 Å². The lowest BCUT2D eigenvalue weighted by atomic mass is 9.87. The van der Waals surface area contributed by atoms with Gasteiger partial charge < -0.3 is 10.2 Å². The molecule has 188 valence electrons. The summed E-state index contributed by atoms with van der Waals surface area (Å²) >= 11 is 0. The third kappa shape index (κ3) is 6.95. The number of piperazine rings is 1. The van der Waals surface area contributed by atoms with Crippen molar-refractivity contribution in [1.82, 2.24) is 20.1 Å². The maximum atomic E-state index is 13.4. The zero-order valence-electron chi connectivity index (χ0n) is 20.1. The lowest BCUT2D eigenvalue weighted by Crippen LogP contribution is -2.51. The zero-order chi connectivity index (χ0) is 25.3. The highest BCUT2D eigenvalue weighted by molar-refractivity contribution is 5.96. The number of aromatic nitrogens is 1. The van der Waals surface area contributed by atoms with E-state index in [1.807, 2.05) is 0 Å². The molecular weight excluding hydrogens is 462 g/mol. The predicted octanol–water partition coefficient (Wildman–Crippen LogP) is 3.85. The smallest absolute Gasteiger partial charge is 0.253 e. The van der Waals surface area contributed by atoms with Gasteiger partial charge in [0.2, 0.25) is 5.91 Å². The average molecular weight is 493 g/mol. The number of nitrogens with one attached hydrogen (secondary N) is 1. The van der Waals surface area contributed by atoms with E-state index >= 15 is 0 Å². The Balaban J connectivity index is 1.23. The Morgan fingerprint density at radius 3 is 2.06 bits per heavy atom. The van der Waals surface area contributed by atoms with Crippen molar-refractivity contribution in [2.24, 2.45) is 0 Å². The maximum Gasteiger partial charge on any atom is 0.253 e. The van der Waals surface area contributed by atoms with E-state index in [4.69, 9.17) is 0 Å². The van der Waals surface area contributed by atoms with Crippen LogP contribution in [0.15, 0.2) is 73.1 Å². The van der Waals surface area contributed by atoms with Crippen LogP contribution < -0.4 is 5.32 Å². The first-order valence-corrected chi connectivity index (χ1v) is 12.2. The minimum atomic E-state index is -0.313. The molecule has 1 N–H and O–H groups in total. The van der Waals surface area contributed by atoms with Crippen molar-refractivity contribution >= 4 is 11.8 Å². The fourth-order valence-electron chi connectivity index (χ4n) is 4.52. The fourth-order valence-corrected chi connectivity index (χ4v) is 4.52. The molecule has 2 amide bonds. The summed E-state index contributed by atoms with van der Waals surface area (Å²) in [4.78, 5) is 32.7. The van der Waals surface area contributed by atoms with Gasteiger partial charge in [-0.1, -0.05) is 24.3 Å². The summed E-state index contributed by atoms with van der Waals surface area (Å²) in [6, 6.07) is 16.3. The van der Waals surface area contributed by atoms with Crippen molar-refractivity contribution in [3.05, 3.63) is 101 Å². The number of rotatable bonds is 9. The Kier molecular flexibility index (Phi) is 8.73. The average Bonchev–Trinajstić information content (AvgIpc) is 2.92. The summed E-state index contributed by atoms with van der Waals surface area (Å²) in [7, 11) is 0. The maximum absolute atomic E-state index is 13.4. The van der Waals surface area contributed by atoms with E-state index in [-0.39, 0.29) is 35.9 Å². The summed E-state index contributed by atoms with van der Waals surface area (Å²) in [6.45, 7) is 3.59. The number of hydrogen-bond donors (Lipinski definition) is 1. The van der Waals surface area contributed by atoms with Crippen molar-refractivity contribution in [2.45, 2.75) is 18.8 Å². The van der Waals surface area contributed by atoms with Crippen molar-refractivity contribution < 1.29 is 18.4 Å². The number of carbonyl (C=O) groups is 2. The molecule has 0 spiro atoms. The highest BCUT2D eigenvalue weighted by Crippen LogP contribution is 2.30. The second-order valence-corrected chi connectivity index (χ2v) is 8.94. The number of halogens is 2. The molecule has 2 aromatic carbocycles. The first kappa shape index (κ1) is 25.4. The Bertz CT molecular complexity index is 1090. The number of hydrogen-bond acceptors (Lipinski definition) is 4. The molecule has 0 unspecified atom stereocenters. The molecular formula is C28H30F2N4O2. The summed E-state index contributed by atoms with van der Waals surface area (Å²) in [6.07, 6.45) is 4.81. The van der Waals surface area contributed by atoms with Gasteiger partial charge >= 0.3 is 0 Å². The van der Waals surface area contributed by atoms with Gasteiger partial charge in [0.25, 0.3) is 5.91 Å². The van der Waals surface area contributed by atoms with E-state index in [2.05, 4.69) is 15.2 Å². The van der Waals surface area contributed by atoms with Gasteiger partial charge in [0.05, 0.1) is 12.1 Å². The van der Waals surface area contributed by atoms with Gasteiger partial charge in [0.1, 0.15) is 11.6 Å². The van der Waals surface area contributed by atoms with Crippen LogP contribution in [0.3, 0.4) is 0 Å². The quantitative estimate of drug-likeness (QED) is 0.493. The van der Waals surface area contributed by atoms with E-state index in [0.29, 0.717) is 18.7 Å². The van der Waals surface area contributed by atoms with Crippen LogP contribution in [-0.4, -0.2) is 65.9 Å². The zero-order valence-corrected chi connectivity index (χ0v) is 20.1. The summed E-state index contributed by atoms with van der Waals surface area (Å²) in [5.74, 6) is -0.912. The molecule has 8 heteroatoms. The second kappa shape index (κ2) is 12.4. The van der Waals surface area contributed by atoms with Crippen molar-refractivity contribution in [2.75, 3.05) is 39.3 Å². The molecule has 0 aliphatic carbocycles. The van der Waals surface area contributed by atoms with Crippen molar-refractivity contribution in [3.63, 3.8) is 0 Å². The molecule has 36 heavy (non-hydrogen) atoms. The van der Waals surface area contributed by atoms with Gasteiger partial charge in [-0.25, -0.2) is 8.78 Å². The van der Waals surface area contributed by atoms with Gasteiger partial charge in [-0.3, -0.25) is 19.5 Å². The minimum Gasteiger partial charge on any atom is -0.343 e. The molecule has 1 aliphatic rings. The van der Waals surface area contributed by atoms with Gasteiger partial charge in [-0.15, -0.1) is 0 Å². The number of benzene rings is 2. The molecule has 3 aromatic rings. The summed E-state index contributed by atoms with van der Waals surface area (Å²) in [5, 5.41) is 2.66. The number of nitrogens with zero attached hydrogens (tertiary/aromatic N) is 3. The predicted molar refractivity (Wildman–Crippen MR) is 133 cm³/mol. The molecule has 0 radical (unpaired) electrons. The van der Waals surface area contributed by atoms with Crippen LogP contribution >= 0.6 is 0 Å². The molecule has 1 aromatic heterocycles. The highest BCUT2D eigenvalue weighted by atomic mass is 19.1. The number of amides is 2. The second-order valence-electron chi connectivity index (χ2n) is 8.94. The van der Waals surface area contributed by atoms with Gasteiger partial charge in [0.15, 0.2) is 0 Å². The van der Waals surface area contributed by atoms with E-state index in [1.165, 1.54) is 30.5 Å². The Labute approximate surface area is 209 Å². The third-order valence-electron chi connectivity index (χ3n) is 6.56. The molecule has 0 atom stereocenters. The number of pyridine rings is 1. The molecule has 0 saturated carbocycles. The summed E-state index contributed by atoms with van der Waals surface area (Å²) < 4.78 is 26.9. The normalized spacial score (nSPS) is 14.1. The first-order valence-electron chi connectivity index (χ1n) is 12.2. The van der Waals surface area contributed by atoms with Crippen LogP contribution in [0.25, 0.3) is 0 Å². The van der Waals surface area contributed by atoms with Gasteiger partial charge in [0, 0.05) is 44.5 Å². The Morgan fingerprint density at radius 1 is 0.889 bits per heavy atom. The third-order valence-corrected chi connectivity index (χ3v) is 6.56. The Morgan fingerprint density at radius 2 is 1.50 bits per heavy atom. The molecule has 0 bridgehead atoms. The van der Waals surface area contributed by atoms with Crippen molar-refractivity contribution in [1.29, 1.82) is 0 Å². The van der Waals surface area contributed by atoms with Crippen LogP contribution in [0, 0.1) is 11.6 Å². The SMILES string of the molecule is O=C(NCC(=O)N1CCN(CCCC(c2ccc(F)cc2)c2ccc(F)cc2)CC1)c1cccnc1. The van der Waals surface area contributed by atoms with E-state index in [0.717, 1.165) is 43.6 Å². The molecule has 1 aliphatic heterocycles. The molecule has 6 nitrogen and oxygen atoms in total. The van der Waals surface area contributed by atoms with Crippen LogP contribution in [0.5, 0.6) is 0 Å². The van der Waals surface area contributed by atoms with E-state index < -0.39 is 0 Å². The lowest BCUT2D eigenvalue weighted by molar-refractivity contribution is -0.131. The standard InChI is InChI=1S/C28H30F2N4O2/c29-24-9-5-21(6-10-24)26(22-7-11-25(30)12-8-22)4-2-14-33-15-17-34(18-16-33)27(35)20-32-28(36)23-3-1-13-31-19-23/h1,3,5-13,19,26H,2,4,14-18,20H2,(H,32,36). The van der Waals surface area contributed by atoms with Gasteiger partial charge in [-0.05, 0) is 66.9 Å².